The Bertz CT molecular complexity index is 158. The molecule has 0 spiro atoms. The Hall–Kier alpha value is -0.220. The first-order valence-corrected chi connectivity index (χ1v) is 6.09. The molecule has 1 rings (SSSR count). The van der Waals surface area contributed by atoms with Gasteiger partial charge in [-0.15, -0.1) is 11.8 Å². The second-order valence-electron chi connectivity index (χ2n) is 3.27. The highest BCUT2D eigenvalue weighted by atomic mass is 32.2. The molecule has 0 radical (unpaired) electrons. The van der Waals surface area contributed by atoms with Crippen LogP contribution in [-0.4, -0.2) is 30.1 Å². The zero-order valence-corrected chi connectivity index (χ0v) is 8.95. The summed E-state index contributed by atoms with van der Waals surface area (Å²) in [5.41, 5.74) is 0. The van der Waals surface area contributed by atoms with E-state index in [1.165, 1.54) is 12.8 Å². The van der Waals surface area contributed by atoms with Crippen molar-refractivity contribution in [1.29, 1.82) is 0 Å². The second kappa shape index (κ2) is 6.27. The third-order valence-electron chi connectivity index (χ3n) is 2.11. The zero-order chi connectivity index (χ0) is 9.52. The van der Waals surface area contributed by atoms with Crippen LogP contribution in [0.25, 0.3) is 0 Å². The quantitative estimate of drug-likeness (QED) is 0.652. The SMILES string of the molecule is CCCCCNC(=O)C1CSCN1. The monoisotopic (exact) mass is 202 g/mol. The normalized spacial score (nSPS) is 21.8. The van der Waals surface area contributed by atoms with E-state index >= 15 is 0 Å². The van der Waals surface area contributed by atoms with Gasteiger partial charge in [0.1, 0.15) is 0 Å². The van der Waals surface area contributed by atoms with Crippen molar-refractivity contribution in [3.8, 4) is 0 Å². The van der Waals surface area contributed by atoms with Gasteiger partial charge in [-0.1, -0.05) is 19.8 Å². The van der Waals surface area contributed by atoms with Gasteiger partial charge in [0.05, 0.1) is 6.04 Å². The Balaban J connectivity index is 2.03. The number of nitrogens with one attached hydrogen (secondary N) is 2. The van der Waals surface area contributed by atoms with Crippen molar-refractivity contribution in [2.75, 3.05) is 18.2 Å². The number of thioether (sulfide) groups is 1. The summed E-state index contributed by atoms with van der Waals surface area (Å²) in [6, 6.07) is 0.0478. The maximum absolute atomic E-state index is 11.4. The predicted molar refractivity (Wildman–Crippen MR) is 56.8 cm³/mol. The molecule has 4 heteroatoms. The van der Waals surface area contributed by atoms with E-state index in [1.807, 2.05) is 0 Å². The van der Waals surface area contributed by atoms with Crippen molar-refractivity contribution in [2.24, 2.45) is 0 Å². The van der Waals surface area contributed by atoms with Crippen molar-refractivity contribution in [1.82, 2.24) is 10.6 Å². The summed E-state index contributed by atoms with van der Waals surface area (Å²) in [5, 5.41) is 6.09. The second-order valence-corrected chi connectivity index (χ2v) is 4.30. The van der Waals surface area contributed by atoms with Crippen LogP contribution >= 0.6 is 11.8 Å². The van der Waals surface area contributed by atoms with E-state index in [2.05, 4.69) is 17.6 Å². The lowest BCUT2D eigenvalue weighted by molar-refractivity contribution is -0.122. The molecule has 0 bridgehead atoms. The molecule has 1 unspecified atom stereocenters. The first-order chi connectivity index (χ1) is 6.34. The number of carbonyl (C=O) groups excluding carboxylic acids is 1. The van der Waals surface area contributed by atoms with Crippen LogP contribution in [0.15, 0.2) is 0 Å². The highest BCUT2D eigenvalue weighted by molar-refractivity contribution is 7.99. The molecule has 1 fully saturated rings. The summed E-state index contributed by atoms with van der Waals surface area (Å²) in [6.07, 6.45) is 3.50. The highest BCUT2D eigenvalue weighted by Crippen LogP contribution is 2.09. The van der Waals surface area contributed by atoms with Crippen LogP contribution in [0.2, 0.25) is 0 Å². The molecule has 0 saturated carbocycles. The van der Waals surface area contributed by atoms with Gasteiger partial charge in [-0.2, -0.15) is 0 Å². The van der Waals surface area contributed by atoms with Gasteiger partial charge in [0.2, 0.25) is 5.91 Å². The van der Waals surface area contributed by atoms with Crippen LogP contribution in [0, 0.1) is 0 Å². The molecule has 76 valence electrons. The van der Waals surface area contributed by atoms with Crippen molar-refractivity contribution in [3.63, 3.8) is 0 Å². The van der Waals surface area contributed by atoms with E-state index < -0.39 is 0 Å². The molecule has 1 saturated heterocycles. The van der Waals surface area contributed by atoms with E-state index in [0.29, 0.717) is 0 Å². The lowest BCUT2D eigenvalue weighted by atomic mass is 10.2. The molecule has 2 N–H and O–H groups in total. The van der Waals surface area contributed by atoms with Crippen LogP contribution in [0.3, 0.4) is 0 Å². The van der Waals surface area contributed by atoms with Crippen molar-refractivity contribution < 1.29 is 4.79 Å². The Kier molecular flexibility index (Phi) is 5.23. The van der Waals surface area contributed by atoms with Gasteiger partial charge >= 0.3 is 0 Å². The van der Waals surface area contributed by atoms with Crippen LogP contribution in [0.1, 0.15) is 26.2 Å². The molecule has 3 nitrogen and oxygen atoms in total. The van der Waals surface area contributed by atoms with Gasteiger partial charge in [0.15, 0.2) is 0 Å². The standard InChI is InChI=1S/C9H18N2OS/c1-2-3-4-5-10-9(12)8-6-13-7-11-8/h8,11H,2-7H2,1H3,(H,10,12). The van der Waals surface area contributed by atoms with E-state index in [9.17, 15) is 4.79 Å². The molecule has 0 aromatic rings. The third-order valence-corrected chi connectivity index (χ3v) is 3.05. The Morgan fingerprint density at radius 2 is 2.46 bits per heavy atom. The molecule has 13 heavy (non-hydrogen) atoms. The summed E-state index contributed by atoms with van der Waals surface area (Å²) >= 11 is 1.78. The molecule has 0 aliphatic carbocycles. The van der Waals surface area contributed by atoms with Crippen molar-refractivity contribution >= 4 is 17.7 Å². The lowest BCUT2D eigenvalue weighted by Gasteiger charge is -2.09. The topological polar surface area (TPSA) is 41.1 Å². The van der Waals surface area contributed by atoms with Crippen LogP contribution in [-0.2, 0) is 4.79 Å². The molecular formula is C9H18N2OS. The first-order valence-electron chi connectivity index (χ1n) is 4.93. The van der Waals surface area contributed by atoms with Crippen LogP contribution in [0.5, 0.6) is 0 Å². The Morgan fingerprint density at radius 1 is 1.62 bits per heavy atom. The summed E-state index contributed by atoms with van der Waals surface area (Å²) in [6.45, 7) is 2.99. The number of unbranched alkanes of at least 4 members (excludes halogenated alkanes) is 2. The maximum Gasteiger partial charge on any atom is 0.238 e. The third kappa shape index (κ3) is 4.00. The van der Waals surface area contributed by atoms with Gasteiger partial charge in [0, 0.05) is 18.2 Å². The number of amides is 1. The van der Waals surface area contributed by atoms with Gasteiger partial charge in [-0.25, -0.2) is 0 Å². The number of hydrogen-bond donors (Lipinski definition) is 2. The van der Waals surface area contributed by atoms with Crippen LogP contribution in [0.4, 0.5) is 0 Å². The van der Waals surface area contributed by atoms with Crippen molar-refractivity contribution in [2.45, 2.75) is 32.2 Å². The molecule has 1 heterocycles. The molecule has 1 aliphatic rings. The number of hydrogen-bond acceptors (Lipinski definition) is 3. The Morgan fingerprint density at radius 3 is 3.08 bits per heavy atom. The highest BCUT2D eigenvalue weighted by Gasteiger charge is 2.21. The lowest BCUT2D eigenvalue weighted by Crippen LogP contribution is -2.42. The fourth-order valence-corrected chi connectivity index (χ4v) is 2.22. The van der Waals surface area contributed by atoms with Gasteiger partial charge in [0.25, 0.3) is 0 Å². The van der Waals surface area contributed by atoms with E-state index in [1.54, 1.807) is 11.8 Å². The molecule has 1 atom stereocenters. The predicted octanol–water partition coefficient (Wildman–Crippen LogP) is 0.955. The summed E-state index contributed by atoms with van der Waals surface area (Å²) in [4.78, 5) is 11.4. The molecule has 1 amide bonds. The van der Waals surface area contributed by atoms with E-state index in [0.717, 1.165) is 24.6 Å². The summed E-state index contributed by atoms with van der Waals surface area (Å²) in [5.74, 6) is 1.99. The zero-order valence-electron chi connectivity index (χ0n) is 8.14. The minimum absolute atomic E-state index is 0.0478. The summed E-state index contributed by atoms with van der Waals surface area (Å²) in [7, 11) is 0. The number of carbonyl (C=O) groups is 1. The van der Waals surface area contributed by atoms with Gasteiger partial charge in [-0.05, 0) is 6.42 Å². The smallest absolute Gasteiger partial charge is 0.238 e. The molecule has 0 aromatic carbocycles. The van der Waals surface area contributed by atoms with Crippen LogP contribution < -0.4 is 10.6 Å². The molecule has 1 aliphatic heterocycles. The number of rotatable bonds is 5. The van der Waals surface area contributed by atoms with Gasteiger partial charge in [-0.3, -0.25) is 10.1 Å². The van der Waals surface area contributed by atoms with E-state index in [4.69, 9.17) is 0 Å². The minimum Gasteiger partial charge on any atom is -0.355 e. The molecule has 0 aromatic heterocycles. The first kappa shape index (κ1) is 10.9. The van der Waals surface area contributed by atoms with E-state index in [-0.39, 0.29) is 11.9 Å². The maximum atomic E-state index is 11.4. The Labute approximate surface area is 84.0 Å². The largest absolute Gasteiger partial charge is 0.355 e. The molecular weight excluding hydrogens is 184 g/mol. The average Bonchev–Trinajstić information content (AvgIpc) is 2.65. The fraction of sp³-hybridized carbons (Fsp3) is 0.889. The van der Waals surface area contributed by atoms with Gasteiger partial charge < -0.3 is 5.32 Å². The average molecular weight is 202 g/mol. The fourth-order valence-electron chi connectivity index (χ4n) is 1.27. The minimum atomic E-state index is 0.0478. The van der Waals surface area contributed by atoms with Crippen molar-refractivity contribution in [3.05, 3.63) is 0 Å². The summed E-state index contributed by atoms with van der Waals surface area (Å²) < 4.78 is 0.